The Kier molecular flexibility index (Phi) is 12.1. The number of nitrogens with zero attached hydrogens (tertiary/aromatic N) is 2. The molecule has 0 spiro atoms. The number of carboxylic acids is 1. The number of carbonyl (C=O) groups excluding carboxylic acids is 4. The van der Waals surface area contributed by atoms with Crippen LogP contribution in [0, 0.1) is 0 Å². The molecule has 2 atom stereocenters. The van der Waals surface area contributed by atoms with Crippen molar-refractivity contribution < 1.29 is 33.8 Å². The number of nitrogens with one attached hydrogen (secondary N) is 3. The summed E-state index contributed by atoms with van der Waals surface area (Å²) in [4.78, 5) is 67.2. The third-order valence-electron chi connectivity index (χ3n) is 8.17. The van der Waals surface area contributed by atoms with E-state index in [9.17, 15) is 24.0 Å². The lowest BCUT2D eigenvalue weighted by molar-refractivity contribution is -0.137. The highest BCUT2D eigenvalue weighted by molar-refractivity contribution is 5.94. The van der Waals surface area contributed by atoms with E-state index >= 15 is 0 Å². The molecule has 3 amide bonds. The molecule has 12 heteroatoms. The average molecular weight is 696 g/mol. The number of carbonyl (C=O) groups is 5. The van der Waals surface area contributed by atoms with Crippen LogP contribution in [0.4, 0.5) is 4.79 Å². The van der Waals surface area contributed by atoms with Crippen LogP contribution in [0.25, 0.3) is 0 Å². The first-order valence-electron chi connectivity index (χ1n) is 16.6. The number of aldehydes is 1. The van der Waals surface area contributed by atoms with Gasteiger partial charge in [0.05, 0.1) is 18.1 Å². The molecule has 4 aromatic rings. The monoisotopic (exact) mass is 695 g/mol. The molecule has 0 radical (unpaired) electrons. The fourth-order valence-corrected chi connectivity index (χ4v) is 5.76. The Labute approximate surface area is 297 Å². The molecule has 0 aliphatic heterocycles. The number of hydrogen-bond acceptors (Lipinski definition) is 7. The van der Waals surface area contributed by atoms with Gasteiger partial charge in [-0.3, -0.25) is 14.4 Å². The van der Waals surface area contributed by atoms with E-state index in [-0.39, 0.29) is 19.3 Å². The van der Waals surface area contributed by atoms with Crippen molar-refractivity contribution >= 4 is 30.2 Å². The van der Waals surface area contributed by atoms with Crippen molar-refractivity contribution in [3.63, 3.8) is 0 Å². The highest BCUT2D eigenvalue weighted by Crippen LogP contribution is 2.40. The van der Waals surface area contributed by atoms with Gasteiger partial charge in [-0.1, -0.05) is 91.0 Å². The molecule has 4 rings (SSSR count). The van der Waals surface area contributed by atoms with E-state index in [1.165, 1.54) is 13.8 Å². The predicted octanol–water partition coefficient (Wildman–Crippen LogP) is 4.60. The van der Waals surface area contributed by atoms with Gasteiger partial charge in [0.2, 0.25) is 11.8 Å². The van der Waals surface area contributed by atoms with Crippen LogP contribution >= 0.6 is 0 Å². The number of rotatable bonds is 15. The molecule has 268 valence electrons. The minimum atomic E-state index is -1.56. The number of carboxylic acid groups (broad SMARTS) is 1. The summed E-state index contributed by atoms with van der Waals surface area (Å²) in [6, 6.07) is 27.7. The van der Waals surface area contributed by atoms with Crippen molar-refractivity contribution in [3.05, 3.63) is 126 Å². The van der Waals surface area contributed by atoms with Gasteiger partial charge < -0.3 is 35.2 Å². The van der Waals surface area contributed by atoms with E-state index in [0.717, 1.165) is 16.7 Å². The zero-order valence-electron chi connectivity index (χ0n) is 29.5. The van der Waals surface area contributed by atoms with Gasteiger partial charge in [0.15, 0.2) is 0 Å². The molecular weight excluding hydrogens is 650 g/mol. The molecule has 4 N–H and O–H groups in total. The second-order valence-corrected chi connectivity index (χ2v) is 13.7. The van der Waals surface area contributed by atoms with Gasteiger partial charge in [0.1, 0.15) is 29.0 Å². The highest BCUT2D eigenvalue weighted by atomic mass is 16.6. The van der Waals surface area contributed by atoms with Crippen molar-refractivity contribution in [1.29, 1.82) is 0 Å². The van der Waals surface area contributed by atoms with E-state index in [0.29, 0.717) is 12.0 Å². The van der Waals surface area contributed by atoms with Crippen molar-refractivity contribution in [1.82, 2.24) is 25.5 Å². The van der Waals surface area contributed by atoms with Crippen LogP contribution in [0.15, 0.2) is 104 Å². The molecule has 0 bridgehead atoms. The average Bonchev–Trinajstić information content (AvgIpc) is 3.55. The van der Waals surface area contributed by atoms with Crippen LogP contribution in [0.2, 0.25) is 0 Å². The molecule has 0 aliphatic rings. The number of ether oxygens (including phenoxy) is 1. The van der Waals surface area contributed by atoms with Gasteiger partial charge in [0.25, 0.3) is 0 Å². The number of aliphatic carboxylic acids is 1. The molecule has 0 aliphatic carbocycles. The molecule has 3 aromatic carbocycles. The topological polar surface area (TPSA) is 169 Å². The Hall–Kier alpha value is -5.78. The van der Waals surface area contributed by atoms with Gasteiger partial charge in [-0.05, 0) is 57.7 Å². The summed E-state index contributed by atoms with van der Waals surface area (Å²) >= 11 is 0. The summed E-state index contributed by atoms with van der Waals surface area (Å²) in [7, 11) is 0. The first-order chi connectivity index (χ1) is 24.2. The van der Waals surface area contributed by atoms with E-state index < -0.39 is 52.6 Å². The van der Waals surface area contributed by atoms with Gasteiger partial charge in [-0.25, -0.2) is 9.78 Å². The Morgan fingerprint density at radius 1 is 0.824 bits per heavy atom. The standard InChI is InChI=1S/C39H45N5O7/c1-37(2,3)51-36(50)42-32(34(48)43-38(4,5)35(49)41-30(25-45)21-22-33(46)47)23-31-24-44(26-40-31)39(27-15-9-6-10-16-27,28-17-11-7-12-18-28)29-19-13-8-14-20-29/h6-20,24-26,30,32H,21-23H2,1-5H3,(H,41,49)(H,42,50)(H,43,48)(H,46,47)/t30?,32-/m0/s1. The van der Waals surface area contributed by atoms with Crippen LogP contribution in [0.5, 0.6) is 0 Å². The van der Waals surface area contributed by atoms with Gasteiger partial charge in [-0.2, -0.15) is 0 Å². The molecule has 12 nitrogen and oxygen atoms in total. The van der Waals surface area contributed by atoms with Crippen LogP contribution in [-0.4, -0.2) is 68.0 Å². The maximum atomic E-state index is 13.9. The summed E-state index contributed by atoms with van der Waals surface area (Å²) in [5.74, 6) is -2.53. The Morgan fingerprint density at radius 3 is 1.78 bits per heavy atom. The minimum Gasteiger partial charge on any atom is -0.481 e. The number of aromatic nitrogens is 2. The Bertz CT molecular complexity index is 1700. The molecule has 0 saturated carbocycles. The smallest absolute Gasteiger partial charge is 0.408 e. The fraction of sp³-hybridized carbons (Fsp3) is 0.333. The van der Waals surface area contributed by atoms with Gasteiger partial charge in [0, 0.05) is 19.0 Å². The van der Waals surface area contributed by atoms with E-state index in [4.69, 9.17) is 14.8 Å². The van der Waals surface area contributed by atoms with Crippen molar-refractivity contribution in [3.8, 4) is 0 Å². The maximum Gasteiger partial charge on any atom is 0.408 e. The van der Waals surface area contributed by atoms with E-state index in [2.05, 4.69) is 16.0 Å². The third-order valence-corrected chi connectivity index (χ3v) is 8.17. The van der Waals surface area contributed by atoms with Crippen molar-refractivity contribution in [2.45, 2.75) is 82.6 Å². The van der Waals surface area contributed by atoms with Crippen LogP contribution in [-0.2, 0) is 35.9 Å². The van der Waals surface area contributed by atoms with Gasteiger partial charge in [-0.15, -0.1) is 0 Å². The lowest BCUT2D eigenvalue weighted by Gasteiger charge is -2.37. The summed E-state index contributed by atoms with van der Waals surface area (Å²) in [5.41, 5.74) is 0.105. The molecule has 1 unspecified atom stereocenters. The van der Waals surface area contributed by atoms with Crippen LogP contribution in [0.3, 0.4) is 0 Å². The van der Waals surface area contributed by atoms with Gasteiger partial charge >= 0.3 is 12.1 Å². The van der Waals surface area contributed by atoms with E-state index in [1.807, 2.05) is 102 Å². The fourth-order valence-electron chi connectivity index (χ4n) is 5.76. The number of alkyl carbamates (subject to hydrolysis) is 1. The number of hydrogen-bond donors (Lipinski definition) is 4. The molecule has 1 aromatic heterocycles. The molecule has 0 saturated heterocycles. The number of imidazole rings is 1. The second kappa shape index (κ2) is 16.3. The SMILES string of the molecule is CC(C)(C)OC(=O)N[C@@H](Cc1cn(C(c2ccccc2)(c2ccccc2)c2ccccc2)cn1)C(=O)NC(C)(C)C(=O)NC(C=O)CCC(=O)O. The Morgan fingerprint density at radius 2 is 1.33 bits per heavy atom. The lowest BCUT2D eigenvalue weighted by atomic mass is 9.77. The summed E-state index contributed by atoms with van der Waals surface area (Å²) in [6.45, 7) is 7.96. The van der Waals surface area contributed by atoms with Crippen molar-refractivity contribution in [2.75, 3.05) is 0 Å². The summed E-state index contributed by atoms with van der Waals surface area (Å²) in [5, 5.41) is 16.8. The lowest BCUT2D eigenvalue weighted by Crippen LogP contribution is -2.61. The number of amides is 3. The largest absolute Gasteiger partial charge is 0.481 e. The minimum absolute atomic E-state index is 0.0696. The predicted molar refractivity (Wildman–Crippen MR) is 191 cm³/mol. The molecule has 1 heterocycles. The van der Waals surface area contributed by atoms with Crippen molar-refractivity contribution in [2.24, 2.45) is 0 Å². The maximum absolute atomic E-state index is 13.9. The molecule has 0 fully saturated rings. The number of benzene rings is 3. The normalized spacial score (nSPS) is 13.0. The Balaban J connectivity index is 1.70. The third kappa shape index (κ3) is 9.68. The summed E-state index contributed by atoms with van der Waals surface area (Å²) < 4.78 is 7.44. The summed E-state index contributed by atoms with van der Waals surface area (Å²) in [6.07, 6.45) is 2.62. The van der Waals surface area contributed by atoms with Crippen LogP contribution in [0.1, 0.15) is 69.8 Å². The van der Waals surface area contributed by atoms with E-state index in [1.54, 1.807) is 27.1 Å². The highest BCUT2D eigenvalue weighted by Gasteiger charge is 2.39. The molecule has 51 heavy (non-hydrogen) atoms. The molecular formula is C39H45N5O7. The second-order valence-electron chi connectivity index (χ2n) is 13.7. The quantitative estimate of drug-likeness (QED) is 0.103. The van der Waals surface area contributed by atoms with Crippen LogP contribution < -0.4 is 16.0 Å². The zero-order chi connectivity index (χ0) is 37.2. The first-order valence-corrected chi connectivity index (χ1v) is 16.6. The zero-order valence-corrected chi connectivity index (χ0v) is 29.5. The first kappa shape index (κ1) is 38.0.